The predicted molar refractivity (Wildman–Crippen MR) is 123 cm³/mol. The van der Waals surface area contributed by atoms with Gasteiger partial charge in [-0.25, -0.2) is 9.18 Å². The standard InChI is InChI=1S/C22H25Cl3FN3O/c23-18-7-5-14(11-19(18)24)15(9-10-27-16-3-1-2-4-16)13-28-22(30)29-17-6-8-21(26)20(25)12-17/h5-8,11-12,15-16,27H,1-4,9-10,13H2,(H2,28,29,30). The largest absolute Gasteiger partial charge is 0.337 e. The molecule has 2 amide bonds. The van der Waals surface area contributed by atoms with Crippen molar-refractivity contribution >= 4 is 46.5 Å². The maximum absolute atomic E-state index is 13.3. The molecule has 2 aromatic carbocycles. The fraction of sp³-hybridized carbons (Fsp3) is 0.409. The van der Waals surface area contributed by atoms with Gasteiger partial charge in [0, 0.05) is 24.2 Å². The Morgan fingerprint density at radius 1 is 1.03 bits per heavy atom. The van der Waals surface area contributed by atoms with Gasteiger partial charge in [0.2, 0.25) is 0 Å². The average molecular weight is 473 g/mol. The number of rotatable bonds is 8. The van der Waals surface area contributed by atoms with Crippen molar-refractivity contribution in [1.82, 2.24) is 10.6 Å². The summed E-state index contributed by atoms with van der Waals surface area (Å²) in [6, 6.07) is 9.81. The van der Waals surface area contributed by atoms with E-state index in [1.54, 1.807) is 6.07 Å². The zero-order chi connectivity index (χ0) is 21.5. The molecule has 1 aliphatic carbocycles. The lowest BCUT2D eigenvalue weighted by molar-refractivity contribution is 0.251. The summed E-state index contributed by atoms with van der Waals surface area (Å²) < 4.78 is 13.3. The predicted octanol–water partition coefficient (Wildman–Crippen LogP) is 6.61. The Balaban J connectivity index is 1.59. The number of amides is 2. The molecule has 8 heteroatoms. The van der Waals surface area contributed by atoms with Crippen molar-refractivity contribution in [1.29, 1.82) is 0 Å². The van der Waals surface area contributed by atoms with E-state index < -0.39 is 5.82 Å². The number of urea groups is 1. The van der Waals surface area contributed by atoms with E-state index in [1.807, 2.05) is 12.1 Å². The maximum Gasteiger partial charge on any atom is 0.319 e. The molecule has 2 aromatic rings. The van der Waals surface area contributed by atoms with Crippen molar-refractivity contribution in [2.75, 3.05) is 18.4 Å². The Morgan fingerprint density at radius 2 is 1.80 bits per heavy atom. The number of hydrogen-bond acceptors (Lipinski definition) is 2. The Labute approximate surface area is 191 Å². The monoisotopic (exact) mass is 471 g/mol. The molecular formula is C22H25Cl3FN3O. The molecular weight excluding hydrogens is 448 g/mol. The highest BCUT2D eigenvalue weighted by Crippen LogP contribution is 2.28. The average Bonchev–Trinajstić information content (AvgIpc) is 3.23. The van der Waals surface area contributed by atoms with Crippen LogP contribution < -0.4 is 16.0 Å². The smallest absolute Gasteiger partial charge is 0.319 e. The van der Waals surface area contributed by atoms with Gasteiger partial charge in [0.15, 0.2) is 0 Å². The molecule has 0 aliphatic heterocycles. The van der Waals surface area contributed by atoms with Crippen molar-refractivity contribution < 1.29 is 9.18 Å². The number of anilines is 1. The van der Waals surface area contributed by atoms with E-state index >= 15 is 0 Å². The number of carbonyl (C=O) groups is 1. The van der Waals surface area contributed by atoms with Crippen LogP contribution in [0.2, 0.25) is 15.1 Å². The minimum absolute atomic E-state index is 0.0422. The maximum atomic E-state index is 13.3. The van der Waals surface area contributed by atoms with Crippen molar-refractivity contribution in [3.8, 4) is 0 Å². The highest BCUT2D eigenvalue weighted by Gasteiger charge is 2.18. The molecule has 3 rings (SSSR count). The van der Waals surface area contributed by atoms with Crippen LogP contribution in [0.1, 0.15) is 43.6 Å². The van der Waals surface area contributed by atoms with Gasteiger partial charge in [-0.3, -0.25) is 0 Å². The van der Waals surface area contributed by atoms with E-state index in [4.69, 9.17) is 34.8 Å². The third kappa shape index (κ3) is 6.74. The first-order valence-corrected chi connectivity index (χ1v) is 11.2. The van der Waals surface area contributed by atoms with Gasteiger partial charge in [0.05, 0.1) is 15.1 Å². The Morgan fingerprint density at radius 3 is 2.50 bits per heavy atom. The summed E-state index contributed by atoms with van der Waals surface area (Å²) in [4.78, 5) is 12.3. The quantitative estimate of drug-likeness (QED) is 0.405. The van der Waals surface area contributed by atoms with E-state index in [1.165, 1.54) is 43.9 Å². The summed E-state index contributed by atoms with van der Waals surface area (Å²) in [5, 5.41) is 10.1. The summed E-state index contributed by atoms with van der Waals surface area (Å²) in [5.74, 6) is -0.465. The minimum atomic E-state index is -0.530. The lowest BCUT2D eigenvalue weighted by Gasteiger charge is -2.21. The summed E-state index contributed by atoms with van der Waals surface area (Å²) in [6.07, 6.45) is 5.85. The van der Waals surface area contributed by atoms with E-state index in [-0.39, 0.29) is 17.0 Å². The first-order valence-electron chi connectivity index (χ1n) is 10.1. The zero-order valence-corrected chi connectivity index (χ0v) is 18.8. The third-order valence-electron chi connectivity index (χ3n) is 5.38. The third-order valence-corrected chi connectivity index (χ3v) is 6.41. The fourth-order valence-corrected chi connectivity index (χ4v) is 4.20. The Bertz CT molecular complexity index is 875. The topological polar surface area (TPSA) is 53.2 Å². The molecule has 162 valence electrons. The molecule has 0 heterocycles. The molecule has 1 atom stereocenters. The summed E-state index contributed by atoms with van der Waals surface area (Å²) in [5.41, 5.74) is 1.44. The lowest BCUT2D eigenvalue weighted by atomic mass is 9.95. The minimum Gasteiger partial charge on any atom is -0.337 e. The first-order chi connectivity index (χ1) is 14.4. The van der Waals surface area contributed by atoms with E-state index in [2.05, 4.69) is 16.0 Å². The number of carbonyl (C=O) groups excluding carboxylic acids is 1. The van der Waals surface area contributed by atoms with Crippen molar-refractivity contribution in [3.05, 3.63) is 62.8 Å². The Kier molecular flexibility index (Phi) is 8.63. The van der Waals surface area contributed by atoms with Crippen LogP contribution in [0.25, 0.3) is 0 Å². The molecule has 0 bridgehead atoms. The highest BCUT2D eigenvalue weighted by molar-refractivity contribution is 6.42. The fourth-order valence-electron chi connectivity index (χ4n) is 3.71. The van der Waals surface area contributed by atoms with Crippen LogP contribution in [0, 0.1) is 5.82 Å². The van der Waals surface area contributed by atoms with Crippen LogP contribution in [-0.2, 0) is 0 Å². The molecule has 30 heavy (non-hydrogen) atoms. The zero-order valence-electron chi connectivity index (χ0n) is 16.5. The number of benzene rings is 2. The van der Waals surface area contributed by atoms with E-state index in [0.29, 0.717) is 28.3 Å². The van der Waals surface area contributed by atoms with Crippen LogP contribution in [0.4, 0.5) is 14.9 Å². The van der Waals surface area contributed by atoms with Gasteiger partial charge in [-0.05, 0) is 61.7 Å². The van der Waals surface area contributed by atoms with Crippen molar-refractivity contribution in [2.24, 2.45) is 0 Å². The van der Waals surface area contributed by atoms with Crippen molar-refractivity contribution in [3.63, 3.8) is 0 Å². The van der Waals surface area contributed by atoms with Gasteiger partial charge in [0.1, 0.15) is 5.82 Å². The van der Waals surface area contributed by atoms with Crippen LogP contribution >= 0.6 is 34.8 Å². The van der Waals surface area contributed by atoms with Gasteiger partial charge >= 0.3 is 6.03 Å². The molecule has 3 N–H and O–H groups in total. The van der Waals surface area contributed by atoms with E-state index in [0.717, 1.165) is 18.5 Å². The van der Waals surface area contributed by atoms with Crippen LogP contribution in [0.3, 0.4) is 0 Å². The van der Waals surface area contributed by atoms with Crippen LogP contribution in [0.15, 0.2) is 36.4 Å². The first kappa shape index (κ1) is 23.1. The van der Waals surface area contributed by atoms with Gasteiger partial charge in [-0.2, -0.15) is 0 Å². The van der Waals surface area contributed by atoms with Gasteiger partial charge in [0.25, 0.3) is 0 Å². The summed E-state index contributed by atoms with van der Waals surface area (Å²) in [7, 11) is 0. The van der Waals surface area contributed by atoms with E-state index in [9.17, 15) is 9.18 Å². The molecule has 0 saturated heterocycles. The second-order valence-corrected chi connectivity index (χ2v) is 8.78. The normalized spacial score (nSPS) is 15.2. The van der Waals surface area contributed by atoms with Crippen LogP contribution in [-0.4, -0.2) is 25.2 Å². The number of nitrogens with one attached hydrogen (secondary N) is 3. The van der Waals surface area contributed by atoms with Gasteiger partial charge < -0.3 is 16.0 Å². The molecule has 0 aromatic heterocycles. The molecule has 1 fully saturated rings. The summed E-state index contributed by atoms with van der Waals surface area (Å²) >= 11 is 18.0. The van der Waals surface area contributed by atoms with Gasteiger partial charge in [-0.15, -0.1) is 0 Å². The molecule has 1 unspecified atom stereocenters. The molecule has 1 aliphatic rings. The molecule has 0 radical (unpaired) electrons. The molecule has 1 saturated carbocycles. The lowest BCUT2D eigenvalue weighted by Crippen LogP contribution is -2.34. The van der Waals surface area contributed by atoms with Gasteiger partial charge in [-0.1, -0.05) is 53.7 Å². The molecule has 4 nitrogen and oxygen atoms in total. The number of halogens is 4. The van der Waals surface area contributed by atoms with Crippen LogP contribution in [0.5, 0.6) is 0 Å². The Hall–Kier alpha value is -1.53. The number of hydrogen-bond donors (Lipinski definition) is 3. The second kappa shape index (κ2) is 11.2. The SMILES string of the molecule is O=C(NCC(CCNC1CCCC1)c1ccc(Cl)c(Cl)c1)Nc1ccc(F)c(Cl)c1. The molecule has 0 spiro atoms. The second-order valence-electron chi connectivity index (χ2n) is 7.56. The highest BCUT2D eigenvalue weighted by atomic mass is 35.5. The van der Waals surface area contributed by atoms with Crippen molar-refractivity contribution in [2.45, 2.75) is 44.1 Å². The summed E-state index contributed by atoms with van der Waals surface area (Å²) in [6.45, 7) is 1.28.